The molecule has 2 amide bonds. The van der Waals surface area contributed by atoms with Gasteiger partial charge in [0.1, 0.15) is 0 Å². The second-order valence-corrected chi connectivity index (χ2v) is 4.64. The summed E-state index contributed by atoms with van der Waals surface area (Å²) in [4.78, 5) is 11.1. The molecule has 1 fully saturated rings. The first kappa shape index (κ1) is 11.0. The van der Waals surface area contributed by atoms with Crippen molar-refractivity contribution < 1.29 is 4.79 Å². The van der Waals surface area contributed by atoms with Crippen LogP contribution < -0.4 is 11.1 Å². The minimum absolute atomic E-state index is 0.104. The second kappa shape index (κ2) is 4.56. The van der Waals surface area contributed by atoms with Gasteiger partial charge in [0.2, 0.25) is 0 Å². The molecule has 1 aliphatic rings. The molecule has 1 saturated carbocycles. The van der Waals surface area contributed by atoms with Crippen LogP contribution in [-0.2, 0) is 6.42 Å². The number of hydrogen-bond acceptors (Lipinski definition) is 1. The predicted octanol–water partition coefficient (Wildman–Crippen LogP) is 2.21. The molecule has 0 saturated heterocycles. The highest BCUT2D eigenvalue weighted by atomic mass is 16.2. The van der Waals surface area contributed by atoms with Crippen LogP contribution in [0, 0.1) is 0 Å². The number of carbonyl (C=O) groups excluding carboxylic acids is 1. The Kier molecular flexibility index (Phi) is 3.13. The van der Waals surface area contributed by atoms with Gasteiger partial charge in [-0.1, -0.05) is 43.2 Å². The number of carbonyl (C=O) groups is 1. The van der Waals surface area contributed by atoms with Crippen LogP contribution in [-0.4, -0.2) is 11.6 Å². The summed E-state index contributed by atoms with van der Waals surface area (Å²) in [7, 11) is 0. The first-order valence-corrected chi connectivity index (χ1v) is 5.82. The van der Waals surface area contributed by atoms with Crippen LogP contribution in [0.5, 0.6) is 0 Å². The number of rotatable bonds is 3. The molecule has 0 atom stereocenters. The SMILES string of the molecule is NC(=O)NC1(Cc2ccccc2)CCCC1. The summed E-state index contributed by atoms with van der Waals surface area (Å²) in [5, 5.41) is 2.94. The minimum Gasteiger partial charge on any atom is -0.352 e. The Morgan fingerprint density at radius 3 is 2.44 bits per heavy atom. The molecular formula is C13H18N2O. The average molecular weight is 218 g/mol. The number of primary amides is 1. The average Bonchev–Trinajstić information content (AvgIpc) is 2.66. The predicted molar refractivity (Wildman–Crippen MR) is 64.1 cm³/mol. The van der Waals surface area contributed by atoms with Crippen molar-refractivity contribution in [3.63, 3.8) is 0 Å². The van der Waals surface area contributed by atoms with Gasteiger partial charge >= 0.3 is 6.03 Å². The molecule has 0 radical (unpaired) electrons. The molecule has 3 heteroatoms. The zero-order valence-electron chi connectivity index (χ0n) is 9.41. The van der Waals surface area contributed by atoms with Crippen LogP contribution >= 0.6 is 0 Å². The lowest BCUT2D eigenvalue weighted by Crippen LogP contribution is -2.50. The molecule has 1 aromatic rings. The number of urea groups is 1. The van der Waals surface area contributed by atoms with Crippen molar-refractivity contribution in [2.45, 2.75) is 37.6 Å². The van der Waals surface area contributed by atoms with Crippen LogP contribution in [0.4, 0.5) is 4.79 Å². The highest BCUT2D eigenvalue weighted by Gasteiger charge is 2.34. The lowest BCUT2D eigenvalue weighted by molar-refractivity contribution is 0.232. The van der Waals surface area contributed by atoms with Crippen molar-refractivity contribution in [2.75, 3.05) is 0 Å². The van der Waals surface area contributed by atoms with Crippen LogP contribution in [0.15, 0.2) is 30.3 Å². The summed E-state index contributed by atoms with van der Waals surface area (Å²) in [6.07, 6.45) is 5.30. The van der Waals surface area contributed by atoms with E-state index in [-0.39, 0.29) is 5.54 Å². The Morgan fingerprint density at radius 2 is 1.88 bits per heavy atom. The third-order valence-corrected chi connectivity index (χ3v) is 3.33. The molecule has 0 bridgehead atoms. The topological polar surface area (TPSA) is 55.1 Å². The molecule has 3 nitrogen and oxygen atoms in total. The van der Waals surface area contributed by atoms with E-state index in [0.29, 0.717) is 0 Å². The largest absolute Gasteiger partial charge is 0.352 e. The number of benzene rings is 1. The summed E-state index contributed by atoms with van der Waals surface area (Å²) in [5.74, 6) is 0. The van der Waals surface area contributed by atoms with E-state index in [1.807, 2.05) is 18.2 Å². The summed E-state index contributed by atoms with van der Waals surface area (Å²) in [6.45, 7) is 0. The van der Waals surface area contributed by atoms with Crippen molar-refractivity contribution >= 4 is 6.03 Å². The Labute approximate surface area is 96.0 Å². The number of amides is 2. The third kappa shape index (κ3) is 2.54. The van der Waals surface area contributed by atoms with Crippen LogP contribution in [0.2, 0.25) is 0 Å². The lowest BCUT2D eigenvalue weighted by atomic mass is 9.89. The molecule has 0 unspecified atom stereocenters. The molecule has 16 heavy (non-hydrogen) atoms. The first-order chi connectivity index (χ1) is 7.70. The van der Waals surface area contributed by atoms with Crippen molar-refractivity contribution in [3.8, 4) is 0 Å². The molecule has 0 aromatic heterocycles. The Morgan fingerprint density at radius 1 is 1.25 bits per heavy atom. The first-order valence-electron chi connectivity index (χ1n) is 5.82. The zero-order chi connectivity index (χ0) is 11.4. The smallest absolute Gasteiger partial charge is 0.312 e. The maximum absolute atomic E-state index is 11.1. The Bertz CT molecular complexity index is 355. The summed E-state index contributed by atoms with van der Waals surface area (Å²) < 4.78 is 0. The minimum atomic E-state index is -0.405. The van der Waals surface area contributed by atoms with E-state index in [1.54, 1.807) is 0 Å². The fourth-order valence-electron chi connectivity index (χ4n) is 2.65. The van der Waals surface area contributed by atoms with E-state index < -0.39 is 6.03 Å². The Balaban J connectivity index is 2.11. The number of nitrogens with two attached hydrogens (primary N) is 1. The van der Waals surface area contributed by atoms with Gasteiger partial charge in [0.05, 0.1) is 0 Å². The molecule has 86 valence electrons. The molecule has 1 aliphatic carbocycles. The monoisotopic (exact) mass is 218 g/mol. The van der Waals surface area contributed by atoms with Crippen molar-refractivity contribution in [3.05, 3.63) is 35.9 Å². The lowest BCUT2D eigenvalue weighted by Gasteiger charge is -2.29. The molecule has 0 aliphatic heterocycles. The molecule has 0 heterocycles. The van der Waals surface area contributed by atoms with Crippen molar-refractivity contribution in [2.24, 2.45) is 5.73 Å². The highest BCUT2D eigenvalue weighted by Crippen LogP contribution is 2.32. The third-order valence-electron chi connectivity index (χ3n) is 3.33. The van der Waals surface area contributed by atoms with Gasteiger partial charge in [-0.05, 0) is 24.8 Å². The van der Waals surface area contributed by atoms with Crippen molar-refractivity contribution in [1.29, 1.82) is 0 Å². The van der Waals surface area contributed by atoms with Gasteiger partial charge in [0, 0.05) is 5.54 Å². The highest BCUT2D eigenvalue weighted by molar-refractivity contribution is 5.72. The maximum atomic E-state index is 11.1. The van der Waals surface area contributed by atoms with Crippen LogP contribution in [0.25, 0.3) is 0 Å². The van der Waals surface area contributed by atoms with Gasteiger partial charge in [-0.3, -0.25) is 0 Å². The van der Waals surface area contributed by atoms with E-state index >= 15 is 0 Å². The fourth-order valence-corrected chi connectivity index (χ4v) is 2.65. The zero-order valence-corrected chi connectivity index (χ0v) is 9.41. The Hall–Kier alpha value is -1.51. The van der Waals surface area contributed by atoms with E-state index in [2.05, 4.69) is 17.4 Å². The fraction of sp³-hybridized carbons (Fsp3) is 0.462. The standard InChI is InChI=1S/C13H18N2O/c14-12(16)15-13(8-4-5-9-13)10-11-6-2-1-3-7-11/h1-3,6-7H,4-5,8-10H2,(H3,14,15,16). The van der Waals surface area contributed by atoms with E-state index in [4.69, 9.17) is 5.73 Å². The molecule has 0 spiro atoms. The van der Waals surface area contributed by atoms with E-state index in [9.17, 15) is 4.79 Å². The molecule has 1 aromatic carbocycles. The van der Waals surface area contributed by atoms with Gasteiger partial charge < -0.3 is 11.1 Å². The summed E-state index contributed by atoms with van der Waals surface area (Å²) >= 11 is 0. The van der Waals surface area contributed by atoms with E-state index in [0.717, 1.165) is 19.3 Å². The maximum Gasteiger partial charge on any atom is 0.312 e. The van der Waals surface area contributed by atoms with Crippen LogP contribution in [0.3, 0.4) is 0 Å². The molecule has 2 rings (SSSR count). The number of hydrogen-bond donors (Lipinski definition) is 2. The van der Waals surface area contributed by atoms with Gasteiger partial charge in [-0.2, -0.15) is 0 Å². The number of nitrogens with one attached hydrogen (secondary N) is 1. The summed E-state index contributed by atoms with van der Waals surface area (Å²) in [6, 6.07) is 9.86. The molecular weight excluding hydrogens is 200 g/mol. The van der Waals surface area contributed by atoms with Crippen molar-refractivity contribution in [1.82, 2.24) is 5.32 Å². The normalized spacial score (nSPS) is 18.2. The quantitative estimate of drug-likeness (QED) is 0.803. The summed E-state index contributed by atoms with van der Waals surface area (Å²) in [5.41, 5.74) is 6.42. The van der Waals surface area contributed by atoms with Gasteiger partial charge in [0.15, 0.2) is 0 Å². The molecule has 3 N–H and O–H groups in total. The van der Waals surface area contributed by atoms with Gasteiger partial charge in [-0.15, -0.1) is 0 Å². The van der Waals surface area contributed by atoms with Gasteiger partial charge in [0.25, 0.3) is 0 Å². The second-order valence-electron chi connectivity index (χ2n) is 4.64. The van der Waals surface area contributed by atoms with Gasteiger partial charge in [-0.25, -0.2) is 4.79 Å². The van der Waals surface area contributed by atoms with Crippen LogP contribution in [0.1, 0.15) is 31.2 Å². The van der Waals surface area contributed by atoms with E-state index in [1.165, 1.54) is 18.4 Å².